The summed E-state index contributed by atoms with van der Waals surface area (Å²) in [6.07, 6.45) is 3.64. The molecule has 0 spiro atoms. The Balaban J connectivity index is 1.97. The lowest BCUT2D eigenvalue weighted by Crippen LogP contribution is -2.29. The molecule has 2 rings (SSSR count). The molecule has 2 aromatic rings. The maximum Gasteiger partial charge on any atom is 0.273 e. The zero-order chi connectivity index (χ0) is 13.7. The lowest BCUT2D eigenvalue weighted by molar-refractivity contribution is 0.0937. The van der Waals surface area contributed by atoms with E-state index in [0.29, 0.717) is 24.0 Å². The average molecular weight is 262 g/mol. The van der Waals surface area contributed by atoms with Crippen LogP contribution in [0.15, 0.2) is 33.4 Å². The molecule has 0 saturated heterocycles. The lowest BCUT2D eigenvalue weighted by Gasteiger charge is -2.11. The van der Waals surface area contributed by atoms with Crippen molar-refractivity contribution in [2.45, 2.75) is 26.7 Å². The predicted octanol–water partition coefficient (Wildman–Crippen LogP) is 3.10. The molecule has 0 atom stereocenters. The predicted molar refractivity (Wildman–Crippen MR) is 70.6 cm³/mol. The van der Waals surface area contributed by atoms with Gasteiger partial charge in [-0.05, 0) is 18.1 Å². The number of aromatic nitrogens is 1. The van der Waals surface area contributed by atoms with Gasteiger partial charge in [-0.15, -0.1) is 0 Å². The second-order valence-electron chi connectivity index (χ2n) is 4.45. The van der Waals surface area contributed by atoms with Crippen LogP contribution in [-0.4, -0.2) is 17.6 Å². The van der Waals surface area contributed by atoms with Crippen LogP contribution in [0.4, 0.5) is 0 Å². The van der Waals surface area contributed by atoms with Gasteiger partial charge in [0.15, 0.2) is 11.5 Å². The Morgan fingerprint density at radius 3 is 2.79 bits per heavy atom. The Labute approximate surface area is 112 Å². The number of furan rings is 1. The molecule has 0 aliphatic rings. The van der Waals surface area contributed by atoms with Gasteiger partial charge in [0.25, 0.3) is 5.91 Å². The molecule has 2 aromatic heterocycles. The van der Waals surface area contributed by atoms with Crippen molar-refractivity contribution in [2.75, 3.05) is 6.54 Å². The molecule has 0 aliphatic carbocycles. The van der Waals surface area contributed by atoms with Crippen LogP contribution >= 0.6 is 0 Å². The second kappa shape index (κ2) is 6.22. The highest BCUT2D eigenvalue weighted by Gasteiger charge is 2.15. The van der Waals surface area contributed by atoms with Crippen molar-refractivity contribution in [3.05, 3.63) is 30.2 Å². The molecule has 0 bridgehead atoms. The zero-order valence-electron chi connectivity index (χ0n) is 11.2. The maximum absolute atomic E-state index is 11.9. The monoisotopic (exact) mass is 262 g/mol. The number of nitrogens with one attached hydrogen (secondary N) is 1. The first-order valence-corrected chi connectivity index (χ1v) is 6.53. The number of hydrogen-bond donors (Lipinski definition) is 1. The van der Waals surface area contributed by atoms with Gasteiger partial charge in [0.2, 0.25) is 5.76 Å². The van der Waals surface area contributed by atoms with Crippen molar-refractivity contribution in [3.8, 4) is 11.5 Å². The van der Waals surface area contributed by atoms with Crippen LogP contribution in [0.25, 0.3) is 11.5 Å². The van der Waals surface area contributed by atoms with Gasteiger partial charge in [-0.2, -0.15) is 0 Å². The van der Waals surface area contributed by atoms with Crippen molar-refractivity contribution < 1.29 is 13.7 Å². The van der Waals surface area contributed by atoms with E-state index < -0.39 is 0 Å². The first-order valence-electron chi connectivity index (χ1n) is 6.53. The van der Waals surface area contributed by atoms with E-state index in [1.165, 1.54) is 0 Å². The van der Waals surface area contributed by atoms with Crippen molar-refractivity contribution in [2.24, 2.45) is 5.92 Å². The third-order valence-corrected chi connectivity index (χ3v) is 3.21. The molecule has 0 saturated carbocycles. The minimum absolute atomic E-state index is 0.214. The highest BCUT2D eigenvalue weighted by molar-refractivity contribution is 5.92. The van der Waals surface area contributed by atoms with E-state index >= 15 is 0 Å². The summed E-state index contributed by atoms with van der Waals surface area (Å²) >= 11 is 0. The van der Waals surface area contributed by atoms with Crippen LogP contribution in [0, 0.1) is 5.92 Å². The molecule has 5 nitrogen and oxygen atoms in total. The van der Waals surface area contributed by atoms with Crippen LogP contribution in [0.1, 0.15) is 37.2 Å². The van der Waals surface area contributed by atoms with E-state index in [4.69, 9.17) is 8.94 Å². The Morgan fingerprint density at radius 1 is 1.37 bits per heavy atom. The summed E-state index contributed by atoms with van der Waals surface area (Å²) in [6.45, 7) is 4.89. The summed E-state index contributed by atoms with van der Waals surface area (Å²) < 4.78 is 10.3. The van der Waals surface area contributed by atoms with Gasteiger partial charge >= 0.3 is 0 Å². The van der Waals surface area contributed by atoms with Crippen LogP contribution in [0.2, 0.25) is 0 Å². The molecule has 0 aromatic carbocycles. The Hall–Kier alpha value is -2.04. The Kier molecular flexibility index (Phi) is 4.39. The first-order chi connectivity index (χ1) is 9.24. The molecule has 1 amide bonds. The fourth-order valence-corrected chi connectivity index (χ4v) is 1.82. The van der Waals surface area contributed by atoms with Gasteiger partial charge in [-0.3, -0.25) is 4.79 Å². The quantitative estimate of drug-likeness (QED) is 0.868. The van der Waals surface area contributed by atoms with Crippen molar-refractivity contribution in [1.29, 1.82) is 0 Å². The largest absolute Gasteiger partial charge is 0.461 e. The number of rotatable bonds is 6. The Morgan fingerprint density at radius 2 is 2.16 bits per heavy atom. The van der Waals surface area contributed by atoms with E-state index in [1.807, 2.05) is 0 Å². The molecule has 0 unspecified atom stereocenters. The van der Waals surface area contributed by atoms with E-state index in [9.17, 15) is 4.79 Å². The normalized spacial score (nSPS) is 10.9. The molecule has 5 heteroatoms. The van der Waals surface area contributed by atoms with Crippen molar-refractivity contribution in [3.63, 3.8) is 0 Å². The molecule has 0 aliphatic heterocycles. The number of amides is 1. The van der Waals surface area contributed by atoms with Gasteiger partial charge in [-0.25, -0.2) is 0 Å². The minimum atomic E-state index is -0.214. The molecule has 0 radical (unpaired) electrons. The summed E-state index contributed by atoms with van der Waals surface area (Å²) in [4.78, 5) is 11.9. The molecule has 2 heterocycles. The second-order valence-corrected chi connectivity index (χ2v) is 4.45. The summed E-state index contributed by atoms with van der Waals surface area (Å²) in [6, 6.07) is 5.10. The summed E-state index contributed by atoms with van der Waals surface area (Å²) in [5, 5.41) is 6.62. The summed E-state index contributed by atoms with van der Waals surface area (Å²) in [7, 11) is 0. The minimum Gasteiger partial charge on any atom is -0.461 e. The van der Waals surface area contributed by atoms with E-state index in [2.05, 4.69) is 24.3 Å². The maximum atomic E-state index is 11.9. The lowest BCUT2D eigenvalue weighted by atomic mass is 10.0. The number of carbonyl (C=O) groups excluding carboxylic acids is 1. The zero-order valence-corrected chi connectivity index (χ0v) is 11.2. The summed E-state index contributed by atoms with van der Waals surface area (Å²) in [5.41, 5.74) is 0.275. The fourth-order valence-electron chi connectivity index (χ4n) is 1.82. The van der Waals surface area contributed by atoms with Crippen molar-refractivity contribution in [1.82, 2.24) is 10.5 Å². The van der Waals surface area contributed by atoms with Crippen LogP contribution in [0.5, 0.6) is 0 Å². The van der Waals surface area contributed by atoms with Crippen LogP contribution in [0.3, 0.4) is 0 Å². The SMILES string of the molecule is CCC(CC)CNC(=O)c1cc(-c2ccco2)on1. The Bertz CT molecular complexity index is 513. The van der Waals surface area contributed by atoms with Crippen LogP contribution < -0.4 is 5.32 Å². The molecule has 0 fully saturated rings. The highest BCUT2D eigenvalue weighted by Crippen LogP contribution is 2.20. The van der Waals surface area contributed by atoms with Crippen molar-refractivity contribution >= 4 is 5.91 Å². The van der Waals surface area contributed by atoms with Gasteiger partial charge in [-0.1, -0.05) is 31.8 Å². The molecule has 19 heavy (non-hydrogen) atoms. The van der Waals surface area contributed by atoms with Gasteiger partial charge < -0.3 is 14.3 Å². The van der Waals surface area contributed by atoms with E-state index in [0.717, 1.165) is 12.8 Å². The summed E-state index contributed by atoms with van der Waals surface area (Å²) in [5.74, 6) is 1.30. The van der Waals surface area contributed by atoms with Gasteiger partial charge in [0.05, 0.1) is 6.26 Å². The highest BCUT2D eigenvalue weighted by atomic mass is 16.5. The number of carbonyl (C=O) groups is 1. The third-order valence-electron chi connectivity index (χ3n) is 3.21. The van der Waals surface area contributed by atoms with Gasteiger partial charge in [0, 0.05) is 12.6 Å². The van der Waals surface area contributed by atoms with Gasteiger partial charge in [0.1, 0.15) is 0 Å². The fraction of sp³-hybridized carbons (Fsp3) is 0.429. The smallest absolute Gasteiger partial charge is 0.273 e. The average Bonchev–Trinajstić information content (AvgIpc) is 3.10. The molecule has 1 N–H and O–H groups in total. The third kappa shape index (κ3) is 3.24. The van der Waals surface area contributed by atoms with E-state index in [1.54, 1.807) is 24.5 Å². The molecular formula is C14H18N2O3. The molecular weight excluding hydrogens is 244 g/mol. The van der Waals surface area contributed by atoms with Crippen LogP contribution in [-0.2, 0) is 0 Å². The number of hydrogen-bond acceptors (Lipinski definition) is 4. The standard InChI is InChI=1S/C14H18N2O3/c1-3-10(4-2)9-15-14(17)11-8-13(19-16-11)12-6-5-7-18-12/h5-8,10H,3-4,9H2,1-2H3,(H,15,17). The van der Waals surface area contributed by atoms with E-state index in [-0.39, 0.29) is 11.6 Å². The molecule has 102 valence electrons. The topological polar surface area (TPSA) is 68.3 Å². The number of nitrogens with zero attached hydrogens (tertiary/aromatic N) is 1. The first kappa shape index (κ1) is 13.4.